The maximum absolute atomic E-state index is 13.5. The minimum absolute atomic E-state index is 0.205. The number of aryl methyl sites for hydroxylation is 1. The molecule has 168 valence electrons. The summed E-state index contributed by atoms with van der Waals surface area (Å²) in [5.74, 6) is 0.930. The van der Waals surface area contributed by atoms with Gasteiger partial charge in [0, 0.05) is 17.8 Å². The highest BCUT2D eigenvalue weighted by molar-refractivity contribution is 6.31. The zero-order valence-corrected chi connectivity index (χ0v) is 18.7. The molecule has 1 aromatic carbocycles. The summed E-state index contributed by atoms with van der Waals surface area (Å²) in [4.78, 5) is 25.3. The minimum atomic E-state index is -0.319. The van der Waals surface area contributed by atoms with Crippen LogP contribution >= 0.6 is 11.6 Å². The maximum Gasteiger partial charge on any atom is 0.263 e. The molecule has 1 aliphatic rings. The Bertz CT molecular complexity index is 1310. The van der Waals surface area contributed by atoms with Crippen LogP contribution in [0.3, 0.4) is 0 Å². The Morgan fingerprint density at radius 3 is 2.82 bits per heavy atom. The van der Waals surface area contributed by atoms with Crippen molar-refractivity contribution in [2.24, 2.45) is 0 Å². The quantitative estimate of drug-likeness (QED) is 0.424. The third kappa shape index (κ3) is 3.82. The van der Waals surface area contributed by atoms with Crippen molar-refractivity contribution >= 4 is 17.5 Å². The first-order valence-corrected chi connectivity index (χ1v) is 10.8. The Labute approximate surface area is 194 Å². The van der Waals surface area contributed by atoms with Crippen molar-refractivity contribution in [1.29, 1.82) is 0 Å². The van der Waals surface area contributed by atoms with E-state index in [-0.39, 0.29) is 11.9 Å². The highest BCUT2D eigenvalue weighted by atomic mass is 35.5. The van der Waals surface area contributed by atoms with E-state index in [1.165, 1.54) is 4.80 Å². The number of nitrogens with zero attached hydrogens (tertiary/aromatic N) is 7. The van der Waals surface area contributed by atoms with Crippen LogP contribution in [-0.4, -0.2) is 54.1 Å². The van der Waals surface area contributed by atoms with E-state index in [0.29, 0.717) is 59.0 Å². The van der Waals surface area contributed by atoms with E-state index in [0.717, 1.165) is 5.56 Å². The molecule has 5 rings (SSSR count). The summed E-state index contributed by atoms with van der Waals surface area (Å²) in [6, 6.07) is 6.71. The molecule has 1 saturated heterocycles. The number of hydrogen-bond acceptors (Lipinski definition) is 8. The van der Waals surface area contributed by atoms with Crippen LogP contribution in [-0.2, 0) is 0 Å². The predicted octanol–water partition coefficient (Wildman–Crippen LogP) is 3.66. The Hall–Kier alpha value is -3.79. The van der Waals surface area contributed by atoms with E-state index in [9.17, 15) is 4.79 Å². The van der Waals surface area contributed by atoms with Gasteiger partial charge in [0.15, 0.2) is 5.82 Å². The third-order valence-electron chi connectivity index (χ3n) is 5.44. The molecule has 4 aromatic rings. The molecule has 4 heterocycles. The van der Waals surface area contributed by atoms with Crippen molar-refractivity contribution in [3.8, 4) is 23.0 Å². The van der Waals surface area contributed by atoms with Crippen LogP contribution < -0.4 is 4.74 Å². The lowest BCUT2D eigenvalue weighted by Gasteiger charge is -2.39. The van der Waals surface area contributed by atoms with Gasteiger partial charge in [-0.05, 0) is 50.1 Å². The molecule has 0 bridgehead atoms. The number of ether oxygens (including phenoxy) is 1. The first-order valence-electron chi connectivity index (χ1n) is 10.5. The number of aromatic nitrogens is 6. The molecule has 33 heavy (non-hydrogen) atoms. The molecule has 1 unspecified atom stereocenters. The van der Waals surface area contributed by atoms with Crippen LogP contribution in [0.25, 0.3) is 17.1 Å². The van der Waals surface area contributed by atoms with E-state index < -0.39 is 0 Å². The van der Waals surface area contributed by atoms with Crippen molar-refractivity contribution in [1.82, 2.24) is 35.0 Å². The number of halogens is 1. The van der Waals surface area contributed by atoms with Crippen molar-refractivity contribution in [2.75, 3.05) is 13.2 Å². The predicted molar refractivity (Wildman–Crippen MR) is 118 cm³/mol. The molecule has 1 fully saturated rings. The van der Waals surface area contributed by atoms with Gasteiger partial charge in [0.2, 0.25) is 5.88 Å². The van der Waals surface area contributed by atoms with E-state index in [2.05, 4.69) is 25.3 Å². The van der Waals surface area contributed by atoms with Gasteiger partial charge in [-0.3, -0.25) is 4.79 Å². The third-order valence-corrected chi connectivity index (χ3v) is 5.85. The Balaban J connectivity index is 1.44. The smallest absolute Gasteiger partial charge is 0.263 e. The normalized spacial score (nSPS) is 15.4. The zero-order chi connectivity index (χ0) is 22.9. The average Bonchev–Trinajstić information content (AvgIpc) is 3.48. The molecule has 0 radical (unpaired) electrons. The number of carbonyl (C=O) groups is 1. The standard InChI is InChI=1S/C22H20ClN7O3/c1-3-32-20-14(5-4-7-24-20)21-27-19(28-33-21)17-6-10-29(17)22(31)15-12-16(23)13(2)11-18(15)30-25-8-9-26-30/h4-5,7-9,11-12,17H,3,6,10H2,1-2H3. The topological polar surface area (TPSA) is 112 Å². The Morgan fingerprint density at radius 2 is 2.09 bits per heavy atom. The fourth-order valence-corrected chi connectivity index (χ4v) is 3.85. The first kappa shape index (κ1) is 21.1. The molecular weight excluding hydrogens is 446 g/mol. The van der Waals surface area contributed by atoms with Gasteiger partial charge >= 0.3 is 0 Å². The molecule has 0 saturated carbocycles. The van der Waals surface area contributed by atoms with Gasteiger partial charge in [0.25, 0.3) is 11.8 Å². The van der Waals surface area contributed by atoms with Crippen LogP contribution in [0.4, 0.5) is 0 Å². The minimum Gasteiger partial charge on any atom is -0.477 e. The summed E-state index contributed by atoms with van der Waals surface area (Å²) in [7, 11) is 0. The largest absolute Gasteiger partial charge is 0.477 e. The van der Waals surface area contributed by atoms with Gasteiger partial charge < -0.3 is 14.2 Å². The SMILES string of the molecule is CCOc1ncccc1-c1nc(C2CCN2C(=O)c2cc(Cl)c(C)cc2-n2nccn2)no1. The van der Waals surface area contributed by atoms with Gasteiger partial charge in [-0.25, -0.2) is 4.98 Å². The number of hydrogen-bond donors (Lipinski definition) is 0. The van der Waals surface area contributed by atoms with Crippen LogP contribution in [0.5, 0.6) is 5.88 Å². The van der Waals surface area contributed by atoms with Crippen LogP contribution in [0, 0.1) is 6.92 Å². The Kier molecular flexibility index (Phi) is 5.51. The van der Waals surface area contributed by atoms with E-state index in [1.54, 1.807) is 47.8 Å². The maximum atomic E-state index is 13.5. The van der Waals surface area contributed by atoms with Gasteiger partial charge in [-0.1, -0.05) is 16.8 Å². The molecule has 1 aliphatic heterocycles. The second-order valence-corrected chi connectivity index (χ2v) is 7.89. The summed E-state index contributed by atoms with van der Waals surface area (Å²) >= 11 is 6.34. The Morgan fingerprint density at radius 1 is 1.27 bits per heavy atom. The molecule has 0 aliphatic carbocycles. The first-order chi connectivity index (χ1) is 16.1. The van der Waals surface area contributed by atoms with E-state index in [1.807, 2.05) is 13.8 Å². The summed E-state index contributed by atoms with van der Waals surface area (Å²) in [6.07, 6.45) is 5.46. The molecule has 11 heteroatoms. The summed E-state index contributed by atoms with van der Waals surface area (Å²) in [5.41, 5.74) is 2.39. The number of pyridine rings is 1. The van der Waals surface area contributed by atoms with Gasteiger partial charge in [0.05, 0.1) is 36.3 Å². The lowest BCUT2D eigenvalue weighted by Crippen LogP contribution is -2.46. The number of amides is 1. The highest BCUT2D eigenvalue weighted by Gasteiger charge is 2.38. The number of likely N-dealkylation sites (tertiary alicyclic amines) is 1. The fourth-order valence-electron chi connectivity index (χ4n) is 3.68. The summed E-state index contributed by atoms with van der Waals surface area (Å²) < 4.78 is 11.0. The number of rotatable bonds is 6. The molecule has 1 amide bonds. The second-order valence-electron chi connectivity index (χ2n) is 7.49. The molecule has 1 atom stereocenters. The monoisotopic (exact) mass is 465 g/mol. The fraction of sp³-hybridized carbons (Fsp3) is 0.273. The summed E-state index contributed by atoms with van der Waals surface area (Å²) in [6.45, 7) is 4.76. The van der Waals surface area contributed by atoms with Gasteiger partial charge in [-0.2, -0.15) is 20.0 Å². The van der Waals surface area contributed by atoms with Crippen molar-refractivity contribution in [2.45, 2.75) is 26.3 Å². The van der Waals surface area contributed by atoms with Crippen molar-refractivity contribution < 1.29 is 14.1 Å². The average molecular weight is 466 g/mol. The van der Waals surface area contributed by atoms with Gasteiger partial charge in [-0.15, -0.1) is 0 Å². The van der Waals surface area contributed by atoms with E-state index >= 15 is 0 Å². The molecular formula is C22H20ClN7O3. The van der Waals surface area contributed by atoms with Crippen molar-refractivity contribution in [3.05, 3.63) is 64.8 Å². The van der Waals surface area contributed by atoms with E-state index in [4.69, 9.17) is 20.9 Å². The highest BCUT2D eigenvalue weighted by Crippen LogP contribution is 2.36. The lowest BCUT2D eigenvalue weighted by molar-refractivity contribution is 0.0435. The van der Waals surface area contributed by atoms with Crippen LogP contribution in [0.2, 0.25) is 5.02 Å². The van der Waals surface area contributed by atoms with Gasteiger partial charge in [0.1, 0.15) is 5.56 Å². The van der Waals surface area contributed by atoms with Crippen molar-refractivity contribution in [3.63, 3.8) is 0 Å². The molecule has 0 spiro atoms. The number of carbonyl (C=O) groups excluding carboxylic acids is 1. The number of benzene rings is 1. The van der Waals surface area contributed by atoms with Crippen LogP contribution in [0.1, 0.15) is 41.1 Å². The van der Waals surface area contributed by atoms with Crippen LogP contribution in [0.15, 0.2) is 47.4 Å². The summed E-state index contributed by atoms with van der Waals surface area (Å²) in [5, 5.41) is 13.0. The molecule has 3 aromatic heterocycles. The molecule has 10 nitrogen and oxygen atoms in total. The lowest BCUT2D eigenvalue weighted by atomic mass is 9.99. The second kappa shape index (κ2) is 8.62. The molecule has 0 N–H and O–H groups in total. The zero-order valence-electron chi connectivity index (χ0n) is 18.0.